The SMILES string of the molecule is Cn1c(=O)n(C)c2cc(CCNC(=O)NCC(C)(C)C)ccc21. The van der Waals surface area contributed by atoms with Crippen LogP contribution in [0.1, 0.15) is 26.3 Å². The lowest BCUT2D eigenvalue weighted by Crippen LogP contribution is -2.40. The molecular formula is C17H26N4O2. The summed E-state index contributed by atoms with van der Waals surface area (Å²) in [4.78, 5) is 23.6. The molecule has 0 aliphatic rings. The van der Waals surface area contributed by atoms with Crippen molar-refractivity contribution in [1.29, 1.82) is 0 Å². The van der Waals surface area contributed by atoms with Crippen LogP contribution in [0.3, 0.4) is 0 Å². The molecule has 0 saturated carbocycles. The molecule has 2 amide bonds. The lowest BCUT2D eigenvalue weighted by molar-refractivity contribution is 0.235. The van der Waals surface area contributed by atoms with Crippen LogP contribution in [0.15, 0.2) is 23.0 Å². The van der Waals surface area contributed by atoms with Gasteiger partial charge in [-0.1, -0.05) is 26.8 Å². The molecule has 0 fully saturated rings. The molecule has 0 aliphatic carbocycles. The van der Waals surface area contributed by atoms with Gasteiger partial charge in [-0.05, 0) is 29.5 Å². The Balaban J connectivity index is 1.94. The van der Waals surface area contributed by atoms with Crippen LogP contribution in [0, 0.1) is 5.41 Å². The predicted octanol–water partition coefficient (Wildman–Crippen LogP) is 1.76. The van der Waals surface area contributed by atoms with E-state index in [0.717, 1.165) is 23.0 Å². The van der Waals surface area contributed by atoms with Gasteiger partial charge in [-0.25, -0.2) is 9.59 Å². The maximum atomic E-state index is 11.9. The normalized spacial score (nSPS) is 11.7. The molecule has 23 heavy (non-hydrogen) atoms. The number of amides is 2. The van der Waals surface area contributed by atoms with Gasteiger partial charge in [0.1, 0.15) is 0 Å². The summed E-state index contributed by atoms with van der Waals surface area (Å²) in [6.07, 6.45) is 0.724. The minimum Gasteiger partial charge on any atom is -0.338 e. The summed E-state index contributed by atoms with van der Waals surface area (Å²) in [5, 5.41) is 5.72. The molecule has 1 aromatic heterocycles. The lowest BCUT2D eigenvalue weighted by atomic mass is 9.97. The third-order valence-corrected chi connectivity index (χ3v) is 3.81. The van der Waals surface area contributed by atoms with Crippen molar-refractivity contribution < 1.29 is 4.79 Å². The van der Waals surface area contributed by atoms with E-state index in [-0.39, 0.29) is 17.1 Å². The maximum Gasteiger partial charge on any atom is 0.328 e. The maximum absolute atomic E-state index is 11.9. The lowest BCUT2D eigenvalue weighted by Gasteiger charge is -2.18. The van der Waals surface area contributed by atoms with Gasteiger partial charge in [0.25, 0.3) is 0 Å². The van der Waals surface area contributed by atoms with Crippen LogP contribution in [0.2, 0.25) is 0 Å². The largest absolute Gasteiger partial charge is 0.338 e. The molecule has 2 rings (SSSR count). The van der Waals surface area contributed by atoms with Crippen molar-refractivity contribution in [3.05, 3.63) is 34.2 Å². The molecule has 0 unspecified atom stereocenters. The number of carbonyl (C=O) groups excluding carboxylic acids is 1. The second-order valence-corrected chi connectivity index (χ2v) is 7.14. The highest BCUT2D eigenvalue weighted by Gasteiger charge is 2.11. The second-order valence-electron chi connectivity index (χ2n) is 7.14. The Hall–Kier alpha value is -2.24. The highest BCUT2D eigenvalue weighted by Crippen LogP contribution is 2.14. The van der Waals surface area contributed by atoms with Gasteiger partial charge in [0.2, 0.25) is 0 Å². The quantitative estimate of drug-likeness (QED) is 0.902. The molecule has 0 radical (unpaired) electrons. The second kappa shape index (κ2) is 6.48. The fourth-order valence-corrected chi connectivity index (χ4v) is 2.44. The Morgan fingerprint density at radius 3 is 2.39 bits per heavy atom. The number of nitrogens with one attached hydrogen (secondary N) is 2. The molecule has 6 heteroatoms. The average molecular weight is 318 g/mol. The number of rotatable bonds is 4. The van der Waals surface area contributed by atoms with Crippen LogP contribution in [0.4, 0.5) is 4.79 Å². The summed E-state index contributed by atoms with van der Waals surface area (Å²) < 4.78 is 3.28. The van der Waals surface area contributed by atoms with Gasteiger partial charge in [-0.15, -0.1) is 0 Å². The first-order chi connectivity index (χ1) is 10.7. The van der Waals surface area contributed by atoms with Crippen molar-refractivity contribution in [3.63, 3.8) is 0 Å². The summed E-state index contributed by atoms with van der Waals surface area (Å²) in [6, 6.07) is 5.81. The molecule has 2 aromatic rings. The molecular weight excluding hydrogens is 292 g/mol. The third kappa shape index (κ3) is 4.15. The predicted molar refractivity (Wildman–Crippen MR) is 92.7 cm³/mol. The van der Waals surface area contributed by atoms with E-state index >= 15 is 0 Å². The Bertz CT molecular complexity index is 765. The molecule has 0 atom stereocenters. The van der Waals surface area contributed by atoms with Gasteiger partial charge in [-0.2, -0.15) is 0 Å². The van der Waals surface area contributed by atoms with Crippen LogP contribution >= 0.6 is 0 Å². The van der Waals surface area contributed by atoms with E-state index in [9.17, 15) is 9.59 Å². The van der Waals surface area contributed by atoms with Crippen LogP contribution in [-0.4, -0.2) is 28.3 Å². The standard InChI is InChI=1S/C17H26N4O2/c1-17(2,3)11-19-15(22)18-9-8-12-6-7-13-14(10-12)21(5)16(23)20(13)4/h6-7,10H,8-9,11H2,1-5H3,(H2,18,19,22). The molecule has 6 nitrogen and oxygen atoms in total. The van der Waals surface area contributed by atoms with Crippen molar-refractivity contribution in [2.24, 2.45) is 19.5 Å². The van der Waals surface area contributed by atoms with Gasteiger partial charge in [-0.3, -0.25) is 9.13 Å². The average Bonchev–Trinajstić information content (AvgIpc) is 2.69. The number of carbonyl (C=O) groups is 1. The van der Waals surface area contributed by atoms with Gasteiger partial charge in [0.15, 0.2) is 0 Å². The number of nitrogens with zero attached hydrogens (tertiary/aromatic N) is 2. The van der Waals surface area contributed by atoms with E-state index in [1.165, 1.54) is 0 Å². The number of aryl methyl sites for hydroxylation is 2. The van der Waals surface area contributed by atoms with Gasteiger partial charge < -0.3 is 10.6 Å². The Morgan fingerprint density at radius 1 is 1.09 bits per heavy atom. The van der Waals surface area contributed by atoms with E-state index in [1.807, 2.05) is 18.2 Å². The van der Waals surface area contributed by atoms with Crippen molar-refractivity contribution in [3.8, 4) is 0 Å². The first-order valence-corrected chi connectivity index (χ1v) is 7.85. The van der Waals surface area contributed by atoms with Crippen molar-refractivity contribution in [2.75, 3.05) is 13.1 Å². The summed E-state index contributed by atoms with van der Waals surface area (Å²) in [6.45, 7) is 7.42. The fraction of sp³-hybridized carbons (Fsp3) is 0.529. The Morgan fingerprint density at radius 2 is 1.74 bits per heavy atom. The van der Waals surface area contributed by atoms with Crippen molar-refractivity contribution >= 4 is 17.1 Å². The number of urea groups is 1. The van der Waals surface area contributed by atoms with E-state index in [0.29, 0.717) is 13.1 Å². The number of hydrogen-bond acceptors (Lipinski definition) is 2. The number of aromatic nitrogens is 2. The van der Waals surface area contributed by atoms with Crippen LogP contribution in [-0.2, 0) is 20.5 Å². The minimum absolute atomic E-state index is 0.0307. The molecule has 126 valence electrons. The summed E-state index contributed by atoms with van der Waals surface area (Å²) in [5.41, 5.74) is 2.96. The monoisotopic (exact) mass is 318 g/mol. The van der Waals surface area contributed by atoms with Gasteiger partial charge in [0.05, 0.1) is 11.0 Å². The highest BCUT2D eigenvalue weighted by molar-refractivity contribution is 5.77. The molecule has 0 saturated heterocycles. The number of imidazole rings is 1. The van der Waals surface area contributed by atoms with Crippen LogP contribution in [0.25, 0.3) is 11.0 Å². The molecule has 2 N–H and O–H groups in total. The van der Waals surface area contributed by atoms with Crippen LogP contribution in [0.5, 0.6) is 0 Å². The van der Waals surface area contributed by atoms with Gasteiger partial charge >= 0.3 is 11.7 Å². The molecule has 0 bridgehead atoms. The van der Waals surface area contributed by atoms with E-state index in [2.05, 4.69) is 31.4 Å². The van der Waals surface area contributed by atoms with E-state index in [1.54, 1.807) is 23.2 Å². The number of fused-ring (bicyclic) bond motifs is 1. The smallest absolute Gasteiger partial charge is 0.328 e. The van der Waals surface area contributed by atoms with Crippen molar-refractivity contribution in [2.45, 2.75) is 27.2 Å². The zero-order valence-electron chi connectivity index (χ0n) is 14.6. The van der Waals surface area contributed by atoms with Crippen LogP contribution < -0.4 is 16.3 Å². The number of benzene rings is 1. The van der Waals surface area contributed by atoms with Gasteiger partial charge in [0, 0.05) is 27.2 Å². The minimum atomic E-state index is -0.145. The fourth-order valence-electron chi connectivity index (χ4n) is 2.44. The zero-order chi connectivity index (χ0) is 17.2. The van der Waals surface area contributed by atoms with E-state index in [4.69, 9.17) is 0 Å². The summed E-state index contributed by atoms with van der Waals surface area (Å²) in [5.74, 6) is 0. The molecule has 0 spiro atoms. The Kier molecular flexibility index (Phi) is 4.82. The first-order valence-electron chi connectivity index (χ1n) is 7.85. The highest BCUT2D eigenvalue weighted by atomic mass is 16.2. The van der Waals surface area contributed by atoms with E-state index < -0.39 is 0 Å². The zero-order valence-corrected chi connectivity index (χ0v) is 14.6. The first kappa shape index (κ1) is 17.1. The molecule has 0 aliphatic heterocycles. The van der Waals surface area contributed by atoms with Crippen molar-refractivity contribution in [1.82, 2.24) is 19.8 Å². The topological polar surface area (TPSA) is 68.1 Å². The summed E-state index contributed by atoms with van der Waals surface area (Å²) >= 11 is 0. The third-order valence-electron chi connectivity index (χ3n) is 3.81. The molecule has 1 heterocycles. The Labute approximate surface area is 136 Å². The number of hydrogen-bond donors (Lipinski definition) is 2. The molecule has 1 aromatic carbocycles. The summed E-state index contributed by atoms with van der Waals surface area (Å²) in [7, 11) is 3.54.